The summed E-state index contributed by atoms with van der Waals surface area (Å²) in [5, 5.41) is 0. The minimum Gasteiger partial charge on any atom is -0.378 e. The van der Waals surface area contributed by atoms with Crippen molar-refractivity contribution in [2.75, 3.05) is 6.61 Å². The predicted molar refractivity (Wildman–Crippen MR) is 34.3 cm³/mol. The monoisotopic (exact) mass is 128 g/mol. The zero-order valence-electron chi connectivity index (χ0n) is 5.51. The highest BCUT2D eigenvalue weighted by molar-refractivity contribution is 5.48. The highest BCUT2D eigenvalue weighted by Crippen LogP contribution is 2.23. The van der Waals surface area contributed by atoms with Crippen molar-refractivity contribution >= 4 is 6.29 Å². The Morgan fingerprint density at radius 3 is 2.89 bits per heavy atom. The molecule has 0 spiro atoms. The molecular formula is C7H12O2. The van der Waals surface area contributed by atoms with Gasteiger partial charge in [0.05, 0.1) is 6.10 Å². The molecule has 0 N–H and O–H groups in total. The number of carbonyl (C=O) groups excluding carboxylic acids is 1. The Balaban J connectivity index is 1.75. The van der Waals surface area contributed by atoms with Crippen molar-refractivity contribution in [2.24, 2.45) is 0 Å². The first-order chi connectivity index (χ1) is 4.43. The number of ether oxygens (including phenoxy) is 1. The van der Waals surface area contributed by atoms with Crippen LogP contribution in [0.5, 0.6) is 0 Å². The second-order valence-corrected chi connectivity index (χ2v) is 2.38. The average molecular weight is 128 g/mol. The lowest BCUT2D eigenvalue weighted by molar-refractivity contribution is -0.108. The summed E-state index contributed by atoms with van der Waals surface area (Å²) in [6.07, 6.45) is 5.46. The van der Waals surface area contributed by atoms with Crippen molar-refractivity contribution < 1.29 is 9.53 Å². The average Bonchev–Trinajstić information content (AvgIpc) is 2.63. The Labute approximate surface area is 55.2 Å². The van der Waals surface area contributed by atoms with Crippen molar-refractivity contribution in [3.8, 4) is 0 Å². The van der Waals surface area contributed by atoms with E-state index in [4.69, 9.17) is 4.74 Å². The maximum atomic E-state index is 9.81. The van der Waals surface area contributed by atoms with Crippen LogP contribution in [0.25, 0.3) is 0 Å². The molecular weight excluding hydrogens is 116 g/mol. The summed E-state index contributed by atoms with van der Waals surface area (Å²) in [6.45, 7) is 0.767. The van der Waals surface area contributed by atoms with Crippen molar-refractivity contribution in [3.05, 3.63) is 0 Å². The van der Waals surface area contributed by atoms with Gasteiger partial charge in [-0.05, 0) is 19.3 Å². The van der Waals surface area contributed by atoms with E-state index in [0.717, 1.165) is 19.3 Å². The van der Waals surface area contributed by atoms with Crippen LogP contribution in [0.4, 0.5) is 0 Å². The lowest BCUT2D eigenvalue weighted by atomic mass is 10.3. The van der Waals surface area contributed by atoms with Crippen LogP contribution in [0.3, 0.4) is 0 Å². The van der Waals surface area contributed by atoms with Gasteiger partial charge >= 0.3 is 0 Å². The SMILES string of the molecule is O=CCCCOC1CC1. The van der Waals surface area contributed by atoms with Crippen molar-refractivity contribution in [2.45, 2.75) is 31.8 Å². The fraction of sp³-hybridized carbons (Fsp3) is 0.857. The molecule has 0 heterocycles. The van der Waals surface area contributed by atoms with Crippen molar-refractivity contribution in [1.82, 2.24) is 0 Å². The van der Waals surface area contributed by atoms with Gasteiger partial charge < -0.3 is 9.53 Å². The fourth-order valence-electron chi connectivity index (χ4n) is 0.651. The standard InChI is InChI=1S/C7H12O2/c8-5-1-2-6-9-7-3-4-7/h5,7H,1-4,6H2. The van der Waals surface area contributed by atoms with E-state index in [9.17, 15) is 4.79 Å². The van der Waals surface area contributed by atoms with E-state index >= 15 is 0 Å². The Bertz CT molecular complexity index is 86.9. The Kier molecular flexibility index (Phi) is 2.71. The summed E-state index contributed by atoms with van der Waals surface area (Å²) in [5.74, 6) is 0. The third-order valence-electron chi connectivity index (χ3n) is 1.34. The molecule has 0 aliphatic heterocycles. The molecule has 1 saturated carbocycles. The molecule has 1 aliphatic rings. The van der Waals surface area contributed by atoms with Gasteiger partial charge in [-0.2, -0.15) is 0 Å². The molecule has 0 saturated heterocycles. The number of aldehydes is 1. The highest BCUT2D eigenvalue weighted by Gasteiger charge is 2.21. The van der Waals surface area contributed by atoms with Crippen LogP contribution >= 0.6 is 0 Å². The number of carbonyl (C=O) groups is 1. The maximum absolute atomic E-state index is 9.81. The van der Waals surface area contributed by atoms with Crippen LogP contribution in [0.15, 0.2) is 0 Å². The third kappa shape index (κ3) is 3.25. The van der Waals surface area contributed by atoms with Crippen LogP contribution in [-0.2, 0) is 9.53 Å². The van der Waals surface area contributed by atoms with Gasteiger partial charge in [0.15, 0.2) is 0 Å². The summed E-state index contributed by atoms with van der Waals surface area (Å²) in [5.41, 5.74) is 0. The predicted octanol–water partition coefficient (Wildman–Crippen LogP) is 1.14. The van der Waals surface area contributed by atoms with Gasteiger partial charge in [0.1, 0.15) is 6.29 Å². The second-order valence-electron chi connectivity index (χ2n) is 2.38. The van der Waals surface area contributed by atoms with Crippen molar-refractivity contribution in [3.63, 3.8) is 0 Å². The molecule has 0 unspecified atom stereocenters. The van der Waals surface area contributed by atoms with E-state index in [2.05, 4.69) is 0 Å². The molecule has 0 aromatic rings. The van der Waals surface area contributed by atoms with E-state index in [0.29, 0.717) is 12.5 Å². The quantitative estimate of drug-likeness (QED) is 0.410. The molecule has 0 aromatic heterocycles. The van der Waals surface area contributed by atoms with E-state index in [1.54, 1.807) is 0 Å². The van der Waals surface area contributed by atoms with Gasteiger partial charge in [0, 0.05) is 13.0 Å². The normalized spacial score (nSPS) is 17.8. The van der Waals surface area contributed by atoms with Crippen molar-refractivity contribution in [1.29, 1.82) is 0 Å². The maximum Gasteiger partial charge on any atom is 0.120 e. The van der Waals surface area contributed by atoms with Gasteiger partial charge in [0.25, 0.3) is 0 Å². The van der Waals surface area contributed by atoms with E-state index in [1.165, 1.54) is 12.8 Å². The van der Waals surface area contributed by atoms with Gasteiger partial charge in [-0.1, -0.05) is 0 Å². The van der Waals surface area contributed by atoms with Gasteiger partial charge in [-0.3, -0.25) is 0 Å². The number of rotatable bonds is 5. The molecule has 1 rings (SSSR count). The van der Waals surface area contributed by atoms with Gasteiger partial charge in [0.2, 0.25) is 0 Å². The fourth-order valence-corrected chi connectivity index (χ4v) is 0.651. The Morgan fingerprint density at radius 2 is 2.33 bits per heavy atom. The minimum atomic E-state index is 0.539. The lowest BCUT2D eigenvalue weighted by Gasteiger charge is -1.96. The Morgan fingerprint density at radius 1 is 1.56 bits per heavy atom. The van der Waals surface area contributed by atoms with E-state index in [1.807, 2.05) is 0 Å². The molecule has 52 valence electrons. The molecule has 2 heteroatoms. The van der Waals surface area contributed by atoms with Crippen LogP contribution in [0, 0.1) is 0 Å². The summed E-state index contributed by atoms with van der Waals surface area (Å²) in [4.78, 5) is 9.81. The van der Waals surface area contributed by atoms with Crippen LogP contribution < -0.4 is 0 Å². The molecule has 1 fully saturated rings. The van der Waals surface area contributed by atoms with Gasteiger partial charge in [-0.15, -0.1) is 0 Å². The first-order valence-electron chi connectivity index (χ1n) is 3.48. The third-order valence-corrected chi connectivity index (χ3v) is 1.34. The van der Waals surface area contributed by atoms with E-state index in [-0.39, 0.29) is 0 Å². The minimum absolute atomic E-state index is 0.539. The molecule has 0 amide bonds. The van der Waals surface area contributed by atoms with Crippen LogP contribution in [0.1, 0.15) is 25.7 Å². The molecule has 1 aliphatic carbocycles. The zero-order chi connectivity index (χ0) is 6.53. The summed E-state index contributed by atoms with van der Waals surface area (Å²) in [6, 6.07) is 0. The second kappa shape index (κ2) is 3.62. The molecule has 2 nitrogen and oxygen atoms in total. The zero-order valence-corrected chi connectivity index (χ0v) is 5.51. The van der Waals surface area contributed by atoms with E-state index < -0.39 is 0 Å². The summed E-state index contributed by atoms with van der Waals surface area (Å²) >= 11 is 0. The lowest BCUT2D eigenvalue weighted by Crippen LogP contribution is -1.95. The molecule has 0 atom stereocenters. The number of unbranched alkanes of at least 4 members (excludes halogenated alkanes) is 1. The first-order valence-corrected chi connectivity index (χ1v) is 3.48. The molecule has 0 radical (unpaired) electrons. The Hall–Kier alpha value is -0.370. The summed E-state index contributed by atoms with van der Waals surface area (Å²) in [7, 11) is 0. The molecule has 0 bridgehead atoms. The van der Waals surface area contributed by atoms with Crippen LogP contribution in [-0.4, -0.2) is 19.0 Å². The molecule has 9 heavy (non-hydrogen) atoms. The molecule has 0 aromatic carbocycles. The van der Waals surface area contributed by atoms with Gasteiger partial charge in [-0.25, -0.2) is 0 Å². The number of hydrogen-bond acceptors (Lipinski definition) is 2. The number of hydrogen-bond donors (Lipinski definition) is 0. The first kappa shape index (κ1) is 6.75. The smallest absolute Gasteiger partial charge is 0.120 e. The largest absolute Gasteiger partial charge is 0.378 e. The topological polar surface area (TPSA) is 26.3 Å². The summed E-state index contributed by atoms with van der Waals surface area (Å²) < 4.78 is 5.30. The highest BCUT2D eigenvalue weighted by atomic mass is 16.5. The van der Waals surface area contributed by atoms with Crippen LogP contribution in [0.2, 0.25) is 0 Å².